The number of methoxy groups -OCH3 is 1. The summed E-state index contributed by atoms with van der Waals surface area (Å²) < 4.78 is 32.0. The molecule has 0 unspecified atom stereocenters. The lowest BCUT2D eigenvalue weighted by Gasteiger charge is -2.11. The number of anilines is 1. The molecule has 0 radical (unpaired) electrons. The quantitative estimate of drug-likeness (QED) is 0.848. The fourth-order valence-corrected chi connectivity index (χ4v) is 3.13. The van der Waals surface area contributed by atoms with Crippen LogP contribution in [0.25, 0.3) is 0 Å². The minimum Gasteiger partial charge on any atom is -0.497 e. The number of nitrogens with one attached hydrogen (secondary N) is 1. The number of rotatable bonds is 5. The van der Waals surface area contributed by atoms with Gasteiger partial charge in [0.2, 0.25) is 0 Å². The van der Waals surface area contributed by atoms with E-state index in [0.717, 1.165) is 0 Å². The molecule has 0 aromatic heterocycles. The number of halogens is 1. The SMILES string of the molecule is COc1ccc(NS(=O)(=O)c2ccc(C(C)=O)cc2)c(Cl)c1. The first-order chi connectivity index (χ1) is 10.3. The maximum absolute atomic E-state index is 12.3. The van der Waals surface area contributed by atoms with E-state index in [1.54, 1.807) is 6.07 Å². The molecule has 0 amide bonds. The fraction of sp³-hybridized carbons (Fsp3) is 0.133. The number of ether oxygens (including phenoxy) is 1. The van der Waals surface area contributed by atoms with Crippen LogP contribution in [-0.2, 0) is 10.0 Å². The van der Waals surface area contributed by atoms with Crippen LogP contribution in [0.5, 0.6) is 5.75 Å². The van der Waals surface area contributed by atoms with Crippen molar-refractivity contribution in [2.24, 2.45) is 0 Å². The summed E-state index contributed by atoms with van der Waals surface area (Å²) in [5, 5.41) is 0.225. The maximum atomic E-state index is 12.3. The molecule has 0 atom stereocenters. The second kappa shape index (κ2) is 6.37. The number of carbonyl (C=O) groups excluding carboxylic acids is 1. The van der Waals surface area contributed by atoms with Gasteiger partial charge in [0.15, 0.2) is 5.78 Å². The Morgan fingerprint density at radius 3 is 2.27 bits per heavy atom. The number of sulfonamides is 1. The molecule has 7 heteroatoms. The Morgan fingerprint density at radius 1 is 1.14 bits per heavy atom. The third-order valence-corrected chi connectivity index (χ3v) is 4.69. The summed E-state index contributed by atoms with van der Waals surface area (Å²) in [6, 6.07) is 10.3. The molecule has 0 aliphatic rings. The largest absolute Gasteiger partial charge is 0.497 e. The van der Waals surface area contributed by atoms with E-state index in [4.69, 9.17) is 16.3 Å². The molecule has 0 fully saturated rings. The Balaban J connectivity index is 2.29. The Hall–Kier alpha value is -2.05. The Kier molecular flexibility index (Phi) is 4.73. The van der Waals surface area contributed by atoms with Crippen LogP contribution in [0.3, 0.4) is 0 Å². The highest BCUT2D eigenvalue weighted by atomic mass is 35.5. The van der Waals surface area contributed by atoms with E-state index in [2.05, 4.69) is 4.72 Å². The number of benzene rings is 2. The third-order valence-electron chi connectivity index (χ3n) is 2.99. The highest BCUT2D eigenvalue weighted by Gasteiger charge is 2.16. The lowest BCUT2D eigenvalue weighted by Crippen LogP contribution is -2.13. The first-order valence-electron chi connectivity index (χ1n) is 6.31. The zero-order valence-corrected chi connectivity index (χ0v) is 13.5. The van der Waals surface area contributed by atoms with Crippen LogP contribution in [0, 0.1) is 0 Å². The molecule has 0 saturated carbocycles. The van der Waals surface area contributed by atoms with Crippen molar-refractivity contribution in [3.8, 4) is 5.75 Å². The Labute approximate surface area is 133 Å². The van der Waals surface area contributed by atoms with E-state index in [9.17, 15) is 13.2 Å². The number of carbonyl (C=O) groups is 1. The topological polar surface area (TPSA) is 72.5 Å². The summed E-state index contributed by atoms with van der Waals surface area (Å²) in [5.41, 5.74) is 0.694. The summed E-state index contributed by atoms with van der Waals surface area (Å²) in [6.07, 6.45) is 0. The zero-order chi connectivity index (χ0) is 16.3. The van der Waals surface area contributed by atoms with Crippen molar-refractivity contribution in [3.05, 3.63) is 53.1 Å². The molecule has 0 aliphatic carbocycles. The van der Waals surface area contributed by atoms with Crippen LogP contribution < -0.4 is 9.46 Å². The van der Waals surface area contributed by atoms with E-state index in [1.165, 1.54) is 50.4 Å². The molecule has 2 aromatic carbocycles. The van der Waals surface area contributed by atoms with Gasteiger partial charge in [0.25, 0.3) is 10.0 Å². The van der Waals surface area contributed by atoms with Crippen molar-refractivity contribution in [2.75, 3.05) is 11.8 Å². The van der Waals surface area contributed by atoms with Gasteiger partial charge in [0.1, 0.15) is 5.75 Å². The second-order valence-electron chi connectivity index (χ2n) is 4.53. The number of Topliss-reactive ketones (excluding diaryl/α,β-unsaturated/α-hetero) is 1. The molecule has 1 N–H and O–H groups in total. The van der Waals surface area contributed by atoms with Crippen LogP contribution in [0.1, 0.15) is 17.3 Å². The van der Waals surface area contributed by atoms with E-state index in [-0.39, 0.29) is 21.4 Å². The minimum absolute atomic E-state index is 0.0457. The van der Waals surface area contributed by atoms with Gasteiger partial charge >= 0.3 is 0 Å². The third kappa shape index (κ3) is 3.58. The predicted octanol–water partition coefficient (Wildman–Crippen LogP) is 3.35. The van der Waals surface area contributed by atoms with Crippen LogP contribution in [0.2, 0.25) is 5.02 Å². The van der Waals surface area contributed by atoms with Crippen LogP contribution >= 0.6 is 11.6 Å². The van der Waals surface area contributed by atoms with Gasteiger partial charge in [-0.25, -0.2) is 8.42 Å². The highest BCUT2D eigenvalue weighted by Crippen LogP contribution is 2.28. The number of hydrogen-bond acceptors (Lipinski definition) is 4. The molecule has 2 aromatic rings. The number of hydrogen-bond donors (Lipinski definition) is 1. The molecule has 0 aliphatic heterocycles. The molecule has 0 bridgehead atoms. The van der Waals surface area contributed by atoms with E-state index in [0.29, 0.717) is 11.3 Å². The molecule has 116 valence electrons. The van der Waals surface area contributed by atoms with E-state index < -0.39 is 10.0 Å². The molecule has 0 heterocycles. The second-order valence-corrected chi connectivity index (χ2v) is 6.62. The summed E-state index contributed by atoms with van der Waals surface area (Å²) in [7, 11) is -2.29. The summed E-state index contributed by atoms with van der Waals surface area (Å²) >= 11 is 6.02. The summed E-state index contributed by atoms with van der Waals surface area (Å²) in [4.78, 5) is 11.3. The fourth-order valence-electron chi connectivity index (χ4n) is 1.78. The van der Waals surface area contributed by atoms with Crippen molar-refractivity contribution in [3.63, 3.8) is 0 Å². The lowest BCUT2D eigenvalue weighted by molar-refractivity contribution is 0.101. The van der Waals surface area contributed by atoms with Crippen molar-refractivity contribution < 1.29 is 17.9 Å². The first-order valence-corrected chi connectivity index (χ1v) is 8.17. The van der Waals surface area contributed by atoms with E-state index in [1.807, 2.05) is 0 Å². The van der Waals surface area contributed by atoms with Crippen LogP contribution in [0.4, 0.5) is 5.69 Å². The monoisotopic (exact) mass is 339 g/mol. The van der Waals surface area contributed by atoms with Crippen LogP contribution in [0.15, 0.2) is 47.4 Å². The van der Waals surface area contributed by atoms with Gasteiger partial charge in [-0.15, -0.1) is 0 Å². The lowest BCUT2D eigenvalue weighted by atomic mass is 10.2. The van der Waals surface area contributed by atoms with Crippen molar-refractivity contribution in [2.45, 2.75) is 11.8 Å². The van der Waals surface area contributed by atoms with Crippen molar-refractivity contribution in [1.82, 2.24) is 0 Å². The standard InChI is InChI=1S/C15H14ClNO4S/c1-10(18)11-3-6-13(7-4-11)22(19,20)17-15-8-5-12(21-2)9-14(15)16/h3-9,17H,1-2H3. The van der Waals surface area contributed by atoms with Gasteiger partial charge in [-0.1, -0.05) is 23.7 Å². The van der Waals surface area contributed by atoms with Crippen molar-refractivity contribution >= 4 is 33.1 Å². The zero-order valence-electron chi connectivity index (χ0n) is 12.0. The molecular formula is C15H14ClNO4S. The van der Waals surface area contributed by atoms with Gasteiger partial charge in [0, 0.05) is 11.6 Å². The highest BCUT2D eigenvalue weighted by molar-refractivity contribution is 7.92. The number of ketones is 1. The van der Waals surface area contributed by atoms with Crippen LogP contribution in [-0.4, -0.2) is 21.3 Å². The van der Waals surface area contributed by atoms with Gasteiger partial charge in [-0.2, -0.15) is 0 Å². The summed E-state index contributed by atoms with van der Waals surface area (Å²) in [6.45, 7) is 1.42. The average molecular weight is 340 g/mol. The Bertz CT molecular complexity index is 801. The van der Waals surface area contributed by atoms with Gasteiger partial charge in [0.05, 0.1) is 22.7 Å². The van der Waals surface area contributed by atoms with Gasteiger partial charge in [-0.3, -0.25) is 9.52 Å². The minimum atomic E-state index is -3.78. The normalized spacial score (nSPS) is 11.0. The van der Waals surface area contributed by atoms with Crippen molar-refractivity contribution in [1.29, 1.82) is 0 Å². The molecule has 0 saturated heterocycles. The summed E-state index contributed by atoms with van der Waals surface area (Å²) in [5.74, 6) is 0.397. The average Bonchev–Trinajstić information content (AvgIpc) is 2.49. The molecular weight excluding hydrogens is 326 g/mol. The van der Waals surface area contributed by atoms with Gasteiger partial charge in [-0.05, 0) is 31.2 Å². The van der Waals surface area contributed by atoms with E-state index >= 15 is 0 Å². The molecule has 5 nitrogen and oxygen atoms in total. The smallest absolute Gasteiger partial charge is 0.261 e. The first kappa shape index (κ1) is 16.3. The predicted molar refractivity (Wildman–Crippen MR) is 85.3 cm³/mol. The molecule has 2 rings (SSSR count). The maximum Gasteiger partial charge on any atom is 0.261 e. The Morgan fingerprint density at radius 2 is 1.77 bits per heavy atom. The van der Waals surface area contributed by atoms with Gasteiger partial charge < -0.3 is 4.74 Å². The molecule has 0 spiro atoms. The molecule has 22 heavy (non-hydrogen) atoms.